The molecule has 1 aromatic heterocycles. The summed E-state index contributed by atoms with van der Waals surface area (Å²) in [5.41, 5.74) is 1.52. The molecule has 2 heterocycles. The standard InChI is InChI=1S/C29H40N4O4S/c1-28(2,3)36-25(34)24(21-13-15-33(19-21)27(35)37-29(4,5)6)17-20-10-9-12-22(16-20)32-26(38)31-18-23-11-7-8-14-30-23/h7-12,14,16,21,24H,13,15,17-19H2,1-6H3,(H2,31,32,38)/t21-,24-/m0/s1. The van der Waals surface area contributed by atoms with Gasteiger partial charge < -0.3 is 25.0 Å². The average Bonchev–Trinajstić information content (AvgIpc) is 3.30. The zero-order valence-corrected chi connectivity index (χ0v) is 24.1. The van der Waals surface area contributed by atoms with Crippen LogP contribution in [-0.4, -0.2) is 51.4 Å². The van der Waals surface area contributed by atoms with E-state index in [1.54, 1.807) is 11.1 Å². The molecule has 38 heavy (non-hydrogen) atoms. The smallest absolute Gasteiger partial charge is 0.410 e. The number of carbonyl (C=O) groups excluding carboxylic acids is 2. The molecular formula is C29H40N4O4S. The number of anilines is 1. The molecule has 9 heteroatoms. The fourth-order valence-corrected chi connectivity index (χ4v) is 4.50. The number of hydrogen-bond acceptors (Lipinski definition) is 6. The van der Waals surface area contributed by atoms with E-state index in [4.69, 9.17) is 21.7 Å². The number of nitrogens with zero attached hydrogens (tertiary/aromatic N) is 2. The number of likely N-dealkylation sites (tertiary alicyclic amines) is 1. The molecule has 3 rings (SSSR count). The predicted molar refractivity (Wildman–Crippen MR) is 153 cm³/mol. The molecule has 1 fully saturated rings. The molecule has 0 radical (unpaired) electrons. The van der Waals surface area contributed by atoms with Crippen molar-refractivity contribution >= 4 is 35.1 Å². The van der Waals surface area contributed by atoms with Crippen molar-refractivity contribution in [3.8, 4) is 0 Å². The zero-order valence-electron chi connectivity index (χ0n) is 23.2. The quantitative estimate of drug-likeness (QED) is 0.360. The first kappa shape index (κ1) is 29.4. The highest BCUT2D eigenvalue weighted by molar-refractivity contribution is 7.80. The Morgan fingerprint density at radius 3 is 2.47 bits per heavy atom. The number of esters is 1. The summed E-state index contributed by atoms with van der Waals surface area (Å²) in [6.45, 7) is 12.7. The Morgan fingerprint density at radius 2 is 1.82 bits per heavy atom. The summed E-state index contributed by atoms with van der Waals surface area (Å²) in [5.74, 6) is -0.680. The fourth-order valence-electron chi connectivity index (χ4n) is 4.31. The summed E-state index contributed by atoms with van der Waals surface area (Å²) < 4.78 is 11.4. The van der Waals surface area contributed by atoms with E-state index in [0.717, 1.165) is 16.9 Å². The van der Waals surface area contributed by atoms with Gasteiger partial charge in [0.05, 0.1) is 18.2 Å². The van der Waals surface area contributed by atoms with Crippen LogP contribution in [0, 0.1) is 11.8 Å². The van der Waals surface area contributed by atoms with E-state index >= 15 is 0 Å². The third-order valence-electron chi connectivity index (χ3n) is 5.95. The highest BCUT2D eigenvalue weighted by atomic mass is 32.1. The van der Waals surface area contributed by atoms with Crippen LogP contribution in [-0.2, 0) is 27.2 Å². The third-order valence-corrected chi connectivity index (χ3v) is 6.20. The number of amides is 1. The summed E-state index contributed by atoms with van der Waals surface area (Å²) in [5, 5.41) is 6.86. The van der Waals surface area contributed by atoms with Crippen LogP contribution >= 0.6 is 12.2 Å². The van der Waals surface area contributed by atoms with Crippen LogP contribution in [0.2, 0.25) is 0 Å². The maximum Gasteiger partial charge on any atom is 0.410 e. The molecule has 2 aromatic rings. The molecule has 0 unspecified atom stereocenters. The lowest BCUT2D eigenvalue weighted by molar-refractivity contribution is -0.161. The van der Waals surface area contributed by atoms with Gasteiger partial charge in [0.2, 0.25) is 0 Å². The Morgan fingerprint density at radius 1 is 1.08 bits per heavy atom. The van der Waals surface area contributed by atoms with Gasteiger partial charge in [-0.1, -0.05) is 18.2 Å². The number of carbonyl (C=O) groups is 2. The average molecular weight is 541 g/mol. The zero-order chi connectivity index (χ0) is 27.9. The molecule has 0 aliphatic carbocycles. The number of benzene rings is 1. The van der Waals surface area contributed by atoms with Crippen molar-refractivity contribution in [2.75, 3.05) is 18.4 Å². The van der Waals surface area contributed by atoms with E-state index < -0.39 is 17.1 Å². The van der Waals surface area contributed by atoms with Gasteiger partial charge in [0.1, 0.15) is 11.2 Å². The maximum absolute atomic E-state index is 13.3. The maximum atomic E-state index is 13.3. The predicted octanol–water partition coefficient (Wildman–Crippen LogP) is 5.33. The van der Waals surface area contributed by atoms with Crippen LogP contribution in [0.25, 0.3) is 0 Å². The number of nitrogens with one attached hydrogen (secondary N) is 2. The molecule has 0 bridgehead atoms. The second-order valence-corrected chi connectivity index (χ2v) is 12.1. The van der Waals surface area contributed by atoms with Crippen molar-refractivity contribution in [3.63, 3.8) is 0 Å². The first-order valence-electron chi connectivity index (χ1n) is 13.0. The molecule has 1 amide bonds. The van der Waals surface area contributed by atoms with E-state index in [9.17, 15) is 9.59 Å². The van der Waals surface area contributed by atoms with Crippen molar-refractivity contribution in [3.05, 3.63) is 59.9 Å². The van der Waals surface area contributed by atoms with Crippen molar-refractivity contribution in [2.24, 2.45) is 11.8 Å². The minimum absolute atomic E-state index is 0.0323. The van der Waals surface area contributed by atoms with Crippen molar-refractivity contribution in [1.29, 1.82) is 0 Å². The third kappa shape index (κ3) is 9.59. The Labute approximate surface area is 231 Å². The van der Waals surface area contributed by atoms with Crippen LogP contribution in [0.1, 0.15) is 59.2 Å². The molecule has 1 saturated heterocycles. The number of rotatable bonds is 7. The van der Waals surface area contributed by atoms with Crippen LogP contribution in [0.3, 0.4) is 0 Å². The van der Waals surface area contributed by atoms with E-state index in [1.807, 2.05) is 84.0 Å². The van der Waals surface area contributed by atoms with Gasteiger partial charge in [-0.3, -0.25) is 9.78 Å². The number of ether oxygens (including phenoxy) is 2. The Balaban J connectivity index is 1.68. The van der Waals surface area contributed by atoms with E-state index in [1.165, 1.54) is 0 Å². The molecule has 0 spiro atoms. The Kier molecular flexibility index (Phi) is 9.71. The minimum atomic E-state index is -0.604. The molecule has 0 saturated carbocycles. The van der Waals surface area contributed by atoms with Gasteiger partial charge in [-0.2, -0.15) is 0 Å². The SMILES string of the molecule is CC(C)(C)OC(=O)[C@@H](Cc1cccc(NC(=S)NCc2ccccn2)c1)[C@H]1CCN(C(=O)OC(C)(C)C)C1. The molecule has 1 aliphatic heterocycles. The molecule has 2 atom stereocenters. The number of aromatic nitrogens is 1. The van der Waals surface area contributed by atoms with Crippen molar-refractivity contribution in [2.45, 2.75) is 72.1 Å². The van der Waals surface area contributed by atoms with Crippen molar-refractivity contribution < 1.29 is 19.1 Å². The Bertz CT molecular complexity index is 1110. The second kappa shape index (κ2) is 12.6. The minimum Gasteiger partial charge on any atom is -0.460 e. The molecule has 2 N–H and O–H groups in total. The molecule has 1 aliphatic rings. The highest BCUT2D eigenvalue weighted by Gasteiger charge is 2.39. The highest BCUT2D eigenvalue weighted by Crippen LogP contribution is 2.31. The van der Waals surface area contributed by atoms with Crippen LogP contribution < -0.4 is 10.6 Å². The van der Waals surface area contributed by atoms with Gasteiger partial charge in [0.15, 0.2) is 5.11 Å². The molecule has 1 aromatic carbocycles. The van der Waals surface area contributed by atoms with E-state index in [0.29, 0.717) is 37.6 Å². The van der Waals surface area contributed by atoms with Crippen LogP contribution in [0.5, 0.6) is 0 Å². The van der Waals surface area contributed by atoms with Gasteiger partial charge >= 0.3 is 12.1 Å². The molecule has 206 valence electrons. The lowest BCUT2D eigenvalue weighted by atomic mass is 9.86. The largest absolute Gasteiger partial charge is 0.460 e. The second-order valence-electron chi connectivity index (χ2n) is 11.6. The number of thiocarbonyl (C=S) groups is 1. The normalized spacial score (nSPS) is 16.5. The summed E-state index contributed by atoms with van der Waals surface area (Å²) in [4.78, 5) is 31.9. The number of hydrogen-bond donors (Lipinski definition) is 2. The van der Waals surface area contributed by atoms with E-state index in [-0.39, 0.29) is 18.0 Å². The summed E-state index contributed by atoms with van der Waals surface area (Å²) in [6.07, 6.45) is 2.60. The summed E-state index contributed by atoms with van der Waals surface area (Å²) in [7, 11) is 0. The summed E-state index contributed by atoms with van der Waals surface area (Å²) >= 11 is 5.46. The number of pyridine rings is 1. The van der Waals surface area contributed by atoms with Gasteiger partial charge in [-0.05, 0) is 102 Å². The van der Waals surface area contributed by atoms with Crippen LogP contribution in [0.4, 0.5) is 10.5 Å². The van der Waals surface area contributed by atoms with Gasteiger partial charge in [0, 0.05) is 25.0 Å². The van der Waals surface area contributed by atoms with Gasteiger partial charge in [-0.15, -0.1) is 0 Å². The monoisotopic (exact) mass is 540 g/mol. The first-order chi connectivity index (χ1) is 17.8. The molecule has 8 nitrogen and oxygen atoms in total. The van der Waals surface area contributed by atoms with Gasteiger partial charge in [-0.25, -0.2) is 4.79 Å². The van der Waals surface area contributed by atoms with Crippen LogP contribution in [0.15, 0.2) is 48.7 Å². The lowest BCUT2D eigenvalue weighted by Gasteiger charge is -2.28. The van der Waals surface area contributed by atoms with E-state index in [2.05, 4.69) is 15.6 Å². The van der Waals surface area contributed by atoms with Crippen molar-refractivity contribution in [1.82, 2.24) is 15.2 Å². The fraction of sp³-hybridized carbons (Fsp3) is 0.517. The summed E-state index contributed by atoms with van der Waals surface area (Å²) in [6, 6.07) is 13.6. The topological polar surface area (TPSA) is 92.8 Å². The Hall–Kier alpha value is -3.20. The molecular weight excluding hydrogens is 500 g/mol. The first-order valence-corrected chi connectivity index (χ1v) is 13.4. The lowest BCUT2D eigenvalue weighted by Crippen LogP contribution is -2.38. The van der Waals surface area contributed by atoms with Gasteiger partial charge in [0.25, 0.3) is 0 Å².